The van der Waals surface area contributed by atoms with E-state index in [0.29, 0.717) is 17.9 Å². The van der Waals surface area contributed by atoms with E-state index in [-0.39, 0.29) is 11.1 Å². The van der Waals surface area contributed by atoms with Crippen LogP contribution in [0.25, 0.3) is 0 Å². The first kappa shape index (κ1) is 18.0. The molecule has 0 radical (unpaired) electrons. The van der Waals surface area contributed by atoms with Crippen LogP contribution in [0.1, 0.15) is 44.4 Å². The molecule has 2 rings (SSSR count). The molecule has 0 aliphatic carbocycles. The van der Waals surface area contributed by atoms with Gasteiger partial charge in [-0.1, -0.05) is 19.1 Å². The summed E-state index contributed by atoms with van der Waals surface area (Å²) in [6, 6.07) is 12.2. The third-order valence-corrected chi connectivity index (χ3v) is 3.28. The van der Waals surface area contributed by atoms with Crippen molar-refractivity contribution in [3.05, 3.63) is 65.2 Å². The number of rotatable bonds is 6. The second kappa shape index (κ2) is 8.49. The van der Waals surface area contributed by atoms with Gasteiger partial charge in [-0.2, -0.15) is 0 Å². The lowest BCUT2D eigenvalue weighted by Gasteiger charge is -2.10. The molecule has 0 aromatic heterocycles. The summed E-state index contributed by atoms with van der Waals surface area (Å²) in [5.74, 6) is -1.81. The monoisotopic (exact) mass is 342 g/mol. The number of aromatic carboxylic acids is 1. The van der Waals surface area contributed by atoms with Gasteiger partial charge in [0.1, 0.15) is 5.75 Å². The molecule has 0 aliphatic rings. The minimum absolute atomic E-state index is 0.0430. The molecule has 25 heavy (non-hydrogen) atoms. The Morgan fingerprint density at radius 1 is 0.920 bits per heavy atom. The van der Waals surface area contributed by atoms with Crippen LogP contribution in [-0.4, -0.2) is 29.5 Å². The first-order valence-corrected chi connectivity index (χ1v) is 7.68. The van der Waals surface area contributed by atoms with Gasteiger partial charge in [0.05, 0.1) is 17.7 Å². The van der Waals surface area contributed by atoms with E-state index in [2.05, 4.69) is 10.9 Å². The number of carboxylic acid groups (broad SMARTS) is 1. The minimum atomic E-state index is -1.22. The van der Waals surface area contributed by atoms with Crippen molar-refractivity contribution in [3.8, 4) is 5.75 Å². The van der Waals surface area contributed by atoms with Crippen LogP contribution in [-0.2, 0) is 0 Å². The number of carboxylic acids is 1. The average molecular weight is 342 g/mol. The van der Waals surface area contributed by atoms with Gasteiger partial charge in [0, 0.05) is 5.56 Å². The van der Waals surface area contributed by atoms with Crippen molar-refractivity contribution in [1.29, 1.82) is 0 Å². The van der Waals surface area contributed by atoms with Crippen LogP contribution in [0.5, 0.6) is 5.75 Å². The highest BCUT2D eigenvalue weighted by Crippen LogP contribution is 2.12. The number of benzene rings is 2. The molecule has 7 nitrogen and oxygen atoms in total. The Morgan fingerprint density at radius 3 is 2.12 bits per heavy atom. The topological polar surface area (TPSA) is 105 Å². The van der Waals surface area contributed by atoms with Crippen LogP contribution in [0.2, 0.25) is 0 Å². The van der Waals surface area contributed by atoms with E-state index in [4.69, 9.17) is 9.84 Å². The zero-order valence-corrected chi connectivity index (χ0v) is 13.6. The van der Waals surface area contributed by atoms with Crippen molar-refractivity contribution in [2.75, 3.05) is 6.61 Å². The summed E-state index contributed by atoms with van der Waals surface area (Å²) in [6.07, 6.45) is 0.881. The maximum absolute atomic E-state index is 12.1. The summed E-state index contributed by atoms with van der Waals surface area (Å²) in [7, 11) is 0. The highest BCUT2D eigenvalue weighted by molar-refractivity contribution is 6.05. The Labute approximate surface area is 144 Å². The lowest BCUT2D eigenvalue weighted by Crippen LogP contribution is -2.42. The zero-order valence-electron chi connectivity index (χ0n) is 13.6. The second-order valence-electron chi connectivity index (χ2n) is 5.13. The van der Waals surface area contributed by atoms with Crippen LogP contribution >= 0.6 is 0 Å². The largest absolute Gasteiger partial charge is 0.494 e. The summed E-state index contributed by atoms with van der Waals surface area (Å²) in [5.41, 5.74) is 4.60. The van der Waals surface area contributed by atoms with E-state index in [1.807, 2.05) is 6.92 Å². The smallest absolute Gasteiger partial charge is 0.336 e. The fourth-order valence-electron chi connectivity index (χ4n) is 2.04. The molecule has 3 N–H and O–H groups in total. The lowest BCUT2D eigenvalue weighted by atomic mass is 10.1. The third kappa shape index (κ3) is 4.81. The summed E-state index contributed by atoms with van der Waals surface area (Å²) >= 11 is 0. The lowest BCUT2D eigenvalue weighted by molar-refractivity contribution is 0.0690. The summed E-state index contributed by atoms with van der Waals surface area (Å²) in [4.78, 5) is 35.2. The molecule has 0 saturated heterocycles. The van der Waals surface area contributed by atoms with Gasteiger partial charge >= 0.3 is 5.97 Å². The van der Waals surface area contributed by atoms with Gasteiger partial charge in [0.25, 0.3) is 11.8 Å². The fraction of sp³-hybridized carbons (Fsp3) is 0.167. The molecule has 0 unspecified atom stereocenters. The van der Waals surface area contributed by atoms with E-state index < -0.39 is 17.8 Å². The first-order chi connectivity index (χ1) is 12.0. The number of carbonyl (C=O) groups excluding carboxylic acids is 2. The number of nitrogens with one attached hydrogen (secondary N) is 2. The van der Waals surface area contributed by atoms with E-state index in [1.165, 1.54) is 24.3 Å². The standard InChI is InChI=1S/C18H18N2O5/c1-2-11-25-13-9-7-12(8-10-13)16(21)19-20-17(22)14-5-3-4-6-15(14)18(23)24/h3-10H,2,11H2,1H3,(H,19,21)(H,20,22)(H,23,24). The van der Waals surface area contributed by atoms with Crippen molar-refractivity contribution in [3.63, 3.8) is 0 Å². The van der Waals surface area contributed by atoms with Gasteiger partial charge < -0.3 is 9.84 Å². The molecule has 130 valence electrons. The van der Waals surface area contributed by atoms with Crippen molar-refractivity contribution < 1.29 is 24.2 Å². The maximum Gasteiger partial charge on any atom is 0.336 e. The van der Waals surface area contributed by atoms with Gasteiger partial charge in [0.15, 0.2) is 0 Å². The number of hydrazine groups is 1. The van der Waals surface area contributed by atoms with Crippen molar-refractivity contribution in [1.82, 2.24) is 10.9 Å². The Balaban J connectivity index is 1.98. The maximum atomic E-state index is 12.1. The molecule has 0 saturated carbocycles. The Hall–Kier alpha value is -3.35. The summed E-state index contributed by atoms with van der Waals surface area (Å²) in [6.45, 7) is 2.58. The molecule has 7 heteroatoms. The molecule has 2 amide bonds. The van der Waals surface area contributed by atoms with Gasteiger partial charge in [-0.15, -0.1) is 0 Å². The van der Waals surface area contributed by atoms with Crippen LogP contribution < -0.4 is 15.6 Å². The van der Waals surface area contributed by atoms with Gasteiger partial charge in [-0.3, -0.25) is 20.4 Å². The van der Waals surface area contributed by atoms with E-state index >= 15 is 0 Å². The predicted octanol–water partition coefficient (Wildman–Crippen LogP) is 2.25. The highest BCUT2D eigenvalue weighted by Gasteiger charge is 2.16. The number of amides is 2. The van der Waals surface area contributed by atoms with Gasteiger partial charge in [0.2, 0.25) is 0 Å². The van der Waals surface area contributed by atoms with E-state index in [0.717, 1.165) is 6.42 Å². The summed E-state index contributed by atoms with van der Waals surface area (Å²) in [5, 5.41) is 9.08. The second-order valence-corrected chi connectivity index (χ2v) is 5.13. The highest BCUT2D eigenvalue weighted by atomic mass is 16.5. The van der Waals surface area contributed by atoms with Gasteiger partial charge in [-0.05, 0) is 42.8 Å². The van der Waals surface area contributed by atoms with Crippen molar-refractivity contribution >= 4 is 17.8 Å². The molecule has 2 aromatic rings. The molecular weight excluding hydrogens is 324 g/mol. The minimum Gasteiger partial charge on any atom is -0.494 e. The number of hydrogen-bond donors (Lipinski definition) is 3. The zero-order chi connectivity index (χ0) is 18.2. The fourth-order valence-corrected chi connectivity index (χ4v) is 2.04. The van der Waals surface area contributed by atoms with Gasteiger partial charge in [-0.25, -0.2) is 4.79 Å². The third-order valence-electron chi connectivity index (χ3n) is 3.28. The predicted molar refractivity (Wildman–Crippen MR) is 90.6 cm³/mol. The molecule has 0 fully saturated rings. The summed E-state index contributed by atoms with van der Waals surface area (Å²) < 4.78 is 5.42. The molecule has 0 aliphatic heterocycles. The SMILES string of the molecule is CCCOc1ccc(C(=O)NNC(=O)c2ccccc2C(=O)O)cc1. The Morgan fingerprint density at radius 2 is 1.52 bits per heavy atom. The molecule has 0 heterocycles. The molecule has 0 spiro atoms. The first-order valence-electron chi connectivity index (χ1n) is 7.68. The molecule has 0 bridgehead atoms. The molecule has 0 atom stereocenters. The quantitative estimate of drug-likeness (QED) is 0.698. The van der Waals surface area contributed by atoms with Crippen LogP contribution in [0.3, 0.4) is 0 Å². The van der Waals surface area contributed by atoms with Crippen molar-refractivity contribution in [2.45, 2.75) is 13.3 Å². The average Bonchev–Trinajstić information content (AvgIpc) is 2.64. The van der Waals surface area contributed by atoms with E-state index in [1.54, 1.807) is 24.3 Å². The number of hydrogen-bond acceptors (Lipinski definition) is 4. The van der Waals surface area contributed by atoms with Crippen molar-refractivity contribution in [2.24, 2.45) is 0 Å². The normalized spacial score (nSPS) is 9.96. The van der Waals surface area contributed by atoms with Crippen LogP contribution in [0, 0.1) is 0 Å². The Kier molecular flexibility index (Phi) is 6.11. The Bertz CT molecular complexity index is 771. The molecular formula is C18H18N2O5. The van der Waals surface area contributed by atoms with E-state index in [9.17, 15) is 14.4 Å². The van der Waals surface area contributed by atoms with Crippen LogP contribution in [0.15, 0.2) is 48.5 Å². The molecule has 2 aromatic carbocycles. The van der Waals surface area contributed by atoms with Crippen LogP contribution in [0.4, 0.5) is 0 Å². The number of ether oxygens (including phenoxy) is 1. The number of carbonyl (C=O) groups is 3.